The second-order valence-electron chi connectivity index (χ2n) is 5.08. The molecule has 1 aromatic rings. The number of carbonyl (C=O) groups is 2. The number of carbonyl (C=O) groups excluding carboxylic acids is 2. The molecule has 0 saturated carbocycles. The second kappa shape index (κ2) is 6.89. The topological polar surface area (TPSA) is 76.4 Å². The van der Waals surface area contributed by atoms with Crippen LogP contribution in [-0.2, 0) is 14.3 Å². The summed E-state index contributed by atoms with van der Waals surface area (Å²) in [4.78, 5) is 23.4. The summed E-state index contributed by atoms with van der Waals surface area (Å²) < 4.78 is 9.47. The number of methoxy groups -OCH3 is 2. The van der Waals surface area contributed by atoms with Gasteiger partial charge in [-0.3, -0.25) is 4.79 Å². The Morgan fingerprint density at radius 3 is 2.24 bits per heavy atom. The van der Waals surface area contributed by atoms with Crippen molar-refractivity contribution in [1.82, 2.24) is 0 Å². The first-order chi connectivity index (χ1) is 9.90. The lowest BCUT2D eigenvalue weighted by Crippen LogP contribution is -2.34. The SMILES string of the molecule is COC(=O)c1ccc([C@@H](C)C(C)(CC#N)C(=O)OC)cc1. The molecule has 0 bridgehead atoms. The number of esters is 2. The molecule has 0 radical (unpaired) electrons. The zero-order valence-electron chi connectivity index (χ0n) is 12.7. The Hall–Kier alpha value is -2.35. The molecule has 0 fully saturated rings. The lowest BCUT2D eigenvalue weighted by molar-refractivity contribution is -0.152. The van der Waals surface area contributed by atoms with Gasteiger partial charge < -0.3 is 9.47 Å². The summed E-state index contributed by atoms with van der Waals surface area (Å²) in [5.41, 5.74) is 0.357. The van der Waals surface area contributed by atoms with Crippen LogP contribution in [0.25, 0.3) is 0 Å². The van der Waals surface area contributed by atoms with Crippen molar-refractivity contribution < 1.29 is 19.1 Å². The summed E-state index contributed by atoms with van der Waals surface area (Å²) in [6, 6.07) is 8.84. The quantitative estimate of drug-likeness (QED) is 0.779. The highest BCUT2D eigenvalue weighted by molar-refractivity contribution is 5.89. The molecule has 2 atom stereocenters. The summed E-state index contributed by atoms with van der Waals surface area (Å²) in [7, 11) is 2.63. The van der Waals surface area contributed by atoms with Gasteiger partial charge in [-0.15, -0.1) is 0 Å². The van der Waals surface area contributed by atoms with E-state index in [2.05, 4.69) is 4.74 Å². The fourth-order valence-corrected chi connectivity index (χ4v) is 2.19. The number of nitrogens with zero attached hydrogens (tertiary/aromatic N) is 1. The van der Waals surface area contributed by atoms with Gasteiger partial charge in [-0.25, -0.2) is 4.79 Å². The van der Waals surface area contributed by atoms with E-state index in [1.807, 2.05) is 13.0 Å². The van der Waals surface area contributed by atoms with Crippen molar-refractivity contribution in [3.05, 3.63) is 35.4 Å². The molecule has 0 amide bonds. The molecule has 5 nitrogen and oxygen atoms in total. The Kier molecular flexibility index (Phi) is 5.48. The fourth-order valence-electron chi connectivity index (χ4n) is 2.19. The minimum Gasteiger partial charge on any atom is -0.469 e. The molecule has 0 aliphatic rings. The van der Waals surface area contributed by atoms with Crippen LogP contribution in [0.3, 0.4) is 0 Å². The minimum atomic E-state index is -0.934. The Morgan fingerprint density at radius 1 is 1.24 bits per heavy atom. The zero-order chi connectivity index (χ0) is 16.0. The Labute approximate surface area is 124 Å². The highest BCUT2D eigenvalue weighted by Gasteiger charge is 2.40. The zero-order valence-corrected chi connectivity index (χ0v) is 12.7. The van der Waals surface area contributed by atoms with Crippen molar-refractivity contribution in [1.29, 1.82) is 5.26 Å². The molecule has 0 N–H and O–H groups in total. The third-order valence-electron chi connectivity index (χ3n) is 3.89. The van der Waals surface area contributed by atoms with Crippen LogP contribution in [0.2, 0.25) is 0 Å². The Balaban J connectivity index is 3.10. The van der Waals surface area contributed by atoms with Gasteiger partial charge in [-0.2, -0.15) is 5.26 Å². The van der Waals surface area contributed by atoms with Gasteiger partial charge in [0.2, 0.25) is 0 Å². The number of ether oxygens (including phenoxy) is 2. The average molecular weight is 289 g/mol. The first kappa shape index (κ1) is 16.7. The van der Waals surface area contributed by atoms with Crippen molar-refractivity contribution in [2.45, 2.75) is 26.2 Å². The lowest BCUT2D eigenvalue weighted by Gasteiger charge is -2.31. The van der Waals surface area contributed by atoms with Gasteiger partial charge in [0, 0.05) is 0 Å². The molecule has 0 saturated heterocycles. The van der Waals surface area contributed by atoms with Gasteiger partial charge in [0.25, 0.3) is 0 Å². The van der Waals surface area contributed by atoms with Crippen LogP contribution in [-0.4, -0.2) is 26.2 Å². The molecule has 0 heterocycles. The van der Waals surface area contributed by atoms with Crippen LogP contribution in [0.4, 0.5) is 0 Å². The molecule has 1 rings (SSSR count). The lowest BCUT2D eigenvalue weighted by atomic mass is 9.72. The number of hydrogen-bond acceptors (Lipinski definition) is 5. The van der Waals surface area contributed by atoms with E-state index >= 15 is 0 Å². The Morgan fingerprint density at radius 2 is 1.81 bits per heavy atom. The van der Waals surface area contributed by atoms with Gasteiger partial charge in [0.05, 0.1) is 37.7 Å². The van der Waals surface area contributed by atoms with Crippen molar-refractivity contribution in [3.8, 4) is 6.07 Å². The van der Waals surface area contributed by atoms with Gasteiger partial charge in [0.1, 0.15) is 0 Å². The molecule has 0 spiro atoms. The van der Waals surface area contributed by atoms with Crippen molar-refractivity contribution >= 4 is 11.9 Å². The number of nitriles is 1. The van der Waals surface area contributed by atoms with E-state index in [-0.39, 0.29) is 12.3 Å². The summed E-state index contributed by atoms with van der Waals surface area (Å²) in [6.45, 7) is 3.57. The molecule has 0 aliphatic carbocycles. The van der Waals surface area contributed by atoms with Crippen molar-refractivity contribution in [3.63, 3.8) is 0 Å². The van der Waals surface area contributed by atoms with E-state index in [9.17, 15) is 9.59 Å². The molecule has 1 unspecified atom stereocenters. The number of hydrogen-bond donors (Lipinski definition) is 0. The molecule has 0 aromatic heterocycles. The van der Waals surface area contributed by atoms with Crippen LogP contribution < -0.4 is 0 Å². The van der Waals surface area contributed by atoms with Gasteiger partial charge in [-0.05, 0) is 30.5 Å². The molecule has 5 heteroatoms. The maximum atomic E-state index is 12.0. The molecule has 112 valence electrons. The summed E-state index contributed by atoms with van der Waals surface area (Å²) in [6.07, 6.45) is 0.0552. The molecule has 0 aliphatic heterocycles. The van der Waals surface area contributed by atoms with Crippen molar-refractivity contribution in [2.24, 2.45) is 5.41 Å². The van der Waals surface area contributed by atoms with E-state index in [0.717, 1.165) is 5.56 Å². The fraction of sp³-hybridized carbons (Fsp3) is 0.438. The van der Waals surface area contributed by atoms with E-state index in [4.69, 9.17) is 10.00 Å². The number of benzene rings is 1. The highest BCUT2D eigenvalue weighted by Crippen LogP contribution is 2.39. The second-order valence-corrected chi connectivity index (χ2v) is 5.08. The highest BCUT2D eigenvalue weighted by atomic mass is 16.5. The first-order valence-electron chi connectivity index (χ1n) is 6.54. The predicted octanol–water partition coefficient (Wildman–Crippen LogP) is 2.67. The smallest absolute Gasteiger partial charge is 0.337 e. The molecule has 1 aromatic carbocycles. The van der Waals surface area contributed by atoms with Gasteiger partial charge in [-0.1, -0.05) is 19.1 Å². The van der Waals surface area contributed by atoms with E-state index in [1.165, 1.54) is 14.2 Å². The standard InChI is InChI=1S/C16H19NO4/c1-11(16(2,9-10-17)15(19)21-4)12-5-7-13(8-6-12)14(18)20-3/h5-8,11H,9H2,1-4H3/t11-,16?/m1/s1. The summed E-state index contributed by atoms with van der Waals surface area (Å²) in [5, 5.41) is 8.97. The normalized spacial score (nSPS) is 14.4. The third kappa shape index (κ3) is 3.40. The van der Waals surface area contributed by atoms with Crippen molar-refractivity contribution in [2.75, 3.05) is 14.2 Å². The number of rotatable bonds is 5. The predicted molar refractivity (Wildman–Crippen MR) is 76.5 cm³/mol. The van der Waals surface area contributed by atoms with Crippen LogP contribution >= 0.6 is 0 Å². The van der Waals surface area contributed by atoms with Crippen LogP contribution in [0.1, 0.15) is 42.1 Å². The summed E-state index contributed by atoms with van der Waals surface area (Å²) in [5.74, 6) is -1.06. The average Bonchev–Trinajstić information content (AvgIpc) is 2.52. The maximum Gasteiger partial charge on any atom is 0.337 e. The van der Waals surface area contributed by atoms with Crippen LogP contribution in [0.15, 0.2) is 24.3 Å². The van der Waals surface area contributed by atoms with Crippen LogP contribution in [0, 0.1) is 16.7 Å². The molecular formula is C16H19NO4. The monoisotopic (exact) mass is 289 g/mol. The Bertz CT molecular complexity index is 559. The first-order valence-corrected chi connectivity index (χ1v) is 6.54. The summed E-state index contributed by atoms with van der Waals surface area (Å²) >= 11 is 0. The van der Waals surface area contributed by atoms with E-state index < -0.39 is 17.4 Å². The largest absolute Gasteiger partial charge is 0.469 e. The van der Waals surface area contributed by atoms with Gasteiger partial charge >= 0.3 is 11.9 Å². The molecule has 21 heavy (non-hydrogen) atoms. The maximum absolute atomic E-state index is 12.0. The van der Waals surface area contributed by atoms with Gasteiger partial charge in [0.15, 0.2) is 0 Å². The molecular weight excluding hydrogens is 270 g/mol. The van der Waals surface area contributed by atoms with E-state index in [1.54, 1.807) is 31.2 Å². The van der Waals surface area contributed by atoms with E-state index in [0.29, 0.717) is 5.56 Å². The third-order valence-corrected chi connectivity index (χ3v) is 3.89. The van der Waals surface area contributed by atoms with Crippen LogP contribution in [0.5, 0.6) is 0 Å². The minimum absolute atomic E-state index is 0.0552.